The maximum atomic E-state index is 5.04. The SMILES string of the molecule is C.C.C.C.CC.CC(C)(C)C.CC(C)C.CCC.CCCC.CCCCCC.CCCCCCCCCC.CCCCCCCCCOC.CCCCCOC.CCOC.COC(C)(C)C.COC(C)C.COc1ccc(C)cc1.COc1cccc(C)c1.COc1ccccc1C.Cc1ccc(C)cc1.Cc1cccc(C)c1.Cc1ccccc1C. The fourth-order valence-corrected chi connectivity index (χ4v) is 7.72. The first-order chi connectivity index (χ1) is 55.8. The number of methoxy groups -OCH3 is 8. The Morgan fingerprint density at radius 2 is 0.516 bits per heavy atom. The lowest BCUT2D eigenvalue weighted by atomic mass is 10.0. The minimum Gasteiger partial charge on any atom is -0.497 e. The van der Waals surface area contributed by atoms with Crippen LogP contribution in [0.3, 0.4) is 0 Å². The van der Waals surface area contributed by atoms with Gasteiger partial charge in [0.15, 0.2) is 0 Å². The number of hydrogen-bond donors (Lipinski definition) is 0. The molecule has 0 amide bonds. The van der Waals surface area contributed by atoms with E-state index < -0.39 is 0 Å². The van der Waals surface area contributed by atoms with Crippen molar-refractivity contribution in [1.29, 1.82) is 0 Å². The van der Waals surface area contributed by atoms with E-state index in [1.807, 2.05) is 142 Å². The lowest BCUT2D eigenvalue weighted by molar-refractivity contribution is 0.0397. The molecule has 0 aliphatic carbocycles. The zero-order chi connectivity index (χ0) is 93.5. The van der Waals surface area contributed by atoms with Crippen LogP contribution in [-0.4, -0.2) is 88.4 Å². The van der Waals surface area contributed by atoms with Crippen LogP contribution in [0, 0.1) is 73.6 Å². The van der Waals surface area contributed by atoms with Crippen molar-refractivity contribution in [1.82, 2.24) is 0 Å². The molecule has 0 spiro atoms. The summed E-state index contributed by atoms with van der Waals surface area (Å²) in [6, 6.07) is 49.2. The zero-order valence-corrected chi connectivity index (χ0v) is 87.1. The highest BCUT2D eigenvalue weighted by molar-refractivity contribution is 5.31. The molecule has 0 bridgehead atoms. The lowest BCUT2D eigenvalue weighted by Gasteiger charge is -2.14. The van der Waals surface area contributed by atoms with E-state index in [2.05, 4.69) is 244 Å². The highest BCUT2D eigenvalue weighted by Gasteiger charge is 2.04. The largest absolute Gasteiger partial charge is 0.497 e. The summed E-state index contributed by atoms with van der Waals surface area (Å²) >= 11 is 0. The third kappa shape index (κ3) is 176. The first-order valence-electron chi connectivity index (χ1n) is 46.3. The average Bonchev–Trinajstić information content (AvgIpc) is 1.05. The Morgan fingerprint density at radius 1 is 0.279 bits per heavy atom. The molecule has 0 saturated heterocycles. The van der Waals surface area contributed by atoms with Crippen molar-refractivity contribution in [2.45, 2.75) is 437 Å². The molecule has 122 heavy (non-hydrogen) atoms. The normalized spacial score (nSPS) is 9.05. The van der Waals surface area contributed by atoms with Gasteiger partial charge in [0.25, 0.3) is 0 Å². The van der Waals surface area contributed by atoms with Crippen LogP contribution < -0.4 is 14.2 Å². The van der Waals surface area contributed by atoms with Crippen molar-refractivity contribution in [3.8, 4) is 17.2 Å². The third-order valence-electron chi connectivity index (χ3n) is 15.3. The van der Waals surface area contributed by atoms with Crippen LogP contribution in [0.5, 0.6) is 17.2 Å². The second kappa shape index (κ2) is 129. The molecule has 0 unspecified atom stereocenters. The minimum absolute atomic E-state index is 0. The summed E-state index contributed by atoms with van der Waals surface area (Å²) in [4.78, 5) is 0. The number of rotatable bonds is 28. The summed E-state index contributed by atoms with van der Waals surface area (Å²) < 4.78 is 39.1. The van der Waals surface area contributed by atoms with Gasteiger partial charge in [-0.1, -0.05) is 452 Å². The molecule has 0 N–H and O–H groups in total. The molecule has 6 aromatic carbocycles. The summed E-state index contributed by atoms with van der Waals surface area (Å²) in [5, 5.41) is 0. The number of unbranched alkanes of at least 4 members (excludes halogenated alkanes) is 19. The van der Waals surface area contributed by atoms with Gasteiger partial charge in [-0.25, -0.2) is 0 Å². The van der Waals surface area contributed by atoms with Gasteiger partial charge in [-0.3, -0.25) is 0 Å². The topological polar surface area (TPSA) is 73.8 Å². The molecular weight excluding hydrogens is 1500 g/mol. The maximum absolute atomic E-state index is 5.04. The molecule has 8 heteroatoms. The predicted molar refractivity (Wildman–Crippen MR) is 567 cm³/mol. The predicted octanol–water partition coefficient (Wildman–Crippen LogP) is 38.5. The van der Waals surface area contributed by atoms with Gasteiger partial charge in [0.2, 0.25) is 0 Å². The smallest absolute Gasteiger partial charge is 0.121 e. The van der Waals surface area contributed by atoms with Gasteiger partial charge >= 0.3 is 0 Å². The summed E-state index contributed by atoms with van der Waals surface area (Å²) in [6.07, 6.45) is 34.6. The first-order valence-corrected chi connectivity index (χ1v) is 46.3. The highest BCUT2D eigenvalue weighted by Crippen LogP contribution is 2.16. The van der Waals surface area contributed by atoms with E-state index in [1.54, 1.807) is 56.9 Å². The molecule has 0 aromatic heterocycles. The van der Waals surface area contributed by atoms with Crippen molar-refractivity contribution in [2.75, 3.05) is 76.7 Å². The fraction of sp³-hybridized carbons (Fsp3) is 0.684. The molecule has 0 fully saturated rings. The fourth-order valence-electron chi connectivity index (χ4n) is 7.72. The Bertz CT molecular complexity index is 2570. The number of ether oxygens (including phenoxy) is 8. The van der Waals surface area contributed by atoms with E-state index in [9.17, 15) is 0 Å². The number of aryl methyl sites for hydroxylation is 9. The Labute approximate surface area is 771 Å². The standard InChI is InChI=1S/C10H22O.C10H22.3C8H10O.3C8H10.C6H14O.C6H14.C5H12O.C5H12.C4H10O.2C4H10.C3H8O.C3H8.C2H6.4CH4/c1-3-4-5-6-7-8-9-10-11-2;1-3-5-7-9-10-8-6-4-2;1-7-3-5-8(9-2)6-4-7;1-7-4-3-5-8(6-7)9-2;1-7-5-3-4-6-8(7)9-2;1-7-3-5-8(2)6-4-7;1-7-4-3-5-8(2)6-7;1-7-5-3-4-6-8(7)2;1-3-4-5-6-7-2;1-3-5-6-4-2;1-5(2,3)6-4;1-5(2,3)4;1-4(2)5-3;1-4(2)3;2*1-3-4-2;1-3-2;1-2;;;;/h3-10H2,1-2H3;3-10H2,1-2H3;3*3-6H,1-2H3;3*3-6H,1-2H3;3-6H2,1-2H3;3-6H2,1-2H3;1-4H3;1-4H3;4H,1-3H3;4H,1-3H3;3-4H2,1-2H3;3H2,1-2H3;3H2,1-2H3;1-2H3;4*1H4. The molecule has 0 saturated carbocycles. The Hall–Kier alpha value is -5.48. The van der Waals surface area contributed by atoms with Gasteiger partial charge in [-0.2, -0.15) is 0 Å². The number of hydrogen-bond acceptors (Lipinski definition) is 8. The molecular formula is C114H224O8. The van der Waals surface area contributed by atoms with E-state index in [-0.39, 0.29) is 35.3 Å². The van der Waals surface area contributed by atoms with Crippen molar-refractivity contribution in [3.63, 3.8) is 0 Å². The van der Waals surface area contributed by atoms with Crippen LogP contribution >= 0.6 is 0 Å². The number of benzene rings is 6. The quantitative estimate of drug-likeness (QED) is 0.0450. The maximum Gasteiger partial charge on any atom is 0.121 e. The molecule has 0 heterocycles. The molecule has 6 aromatic rings. The minimum atomic E-state index is 0. The summed E-state index contributed by atoms with van der Waals surface area (Å²) in [5.41, 5.74) is 12.3. The van der Waals surface area contributed by atoms with Crippen molar-refractivity contribution < 1.29 is 37.9 Å². The Kier molecular flexibility index (Phi) is 162. The van der Waals surface area contributed by atoms with E-state index in [1.165, 1.54) is 211 Å². The van der Waals surface area contributed by atoms with Gasteiger partial charge in [0.05, 0.1) is 33.0 Å². The van der Waals surface area contributed by atoms with E-state index in [4.69, 9.17) is 33.2 Å². The highest BCUT2D eigenvalue weighted by atomic mass is 16.5. The Morgan fingerprint density at radius 3 is 0.713 bits per heavy atom. The molecule has 0 aliphatic rings. The summed E-state index contributed by atoms with van der Waals surface area (Å²) in [7, 11) is 13.6. The second-order valence-electron chi connectivity index (χ2n) is 32.7. The molecule has 0 atom stereocenters. The number of para-hydroxylation sites is 1. The molecule has 0 aliphatic heterocycles. The van der Waals surface area contributed by atoms with Gasteiger partial charge in [-0.05, 0) is 181 Å². The monoisotopic (exact) mass is 1720 g/mol. The lowest BCUT2D eigenvalue weighted by Crippen LogP contribution is -2.15. The van der Waals surface area contributed by atoms with Crippen LogP contribution in [0.25, 0.3) is 0 Å². The third-order valence-corrected chi connectivity index (χ3v) is 15.3. The molecule has 728 valence electrons. The second-order valence-corrected chi connectivity index (χ2v) is 32.7. The van der Waals surface area contributed by atoms with Crippen molar-refractivity contribution in [3.05, 3.63) is 196 Å². The summed E-state index contributed by atoms with van der Waals surface area (Å²) in [6.45, 7) is 74.8. The Balaban J connectivity index is -0.0000000703. The van der Waals surface area contributed by atoms with E-state index >= 15 is 0 Å². The van der Waals surface area contributed by atoms with Crippen LogP contribution in [0.4, 0.5) is 0 Å². The van der Waals surface area contributed by atoms with Crippen molar-refractivity contribution >= 4 is 0 Å². The molecule has 8 nitrogen and oxygen atoms in total. The average molecular weight is 1720 g/mol. The van der Waals surface area contributed by atoms with E-state index in [0.29, 0.717) is 11.5 Å². The molecule has 0 radical (unpaired) electrons. The van der Waals surface area contributed by atoms with Gasteiger partial charge in [-0.15, -0.1) is 0 Å². The summed E-state index contributed by atoms with van der Waals surface area (Å²) in [5.74, 6) is 3.63. The zero-order valence-electron chi connectivity index (χ0n) is 87.1. The van der Waals surface area contributed by atoms with Crippen LogP contribution in [0.2, 0.25) is 0 Å². The first kappa shape index (κ1) is 154. The van der Waals surface area contributed by atoms with Crippen LogP contribution in [0.1, 0.15) is 413 Å². The van der Waals surface area contributed by atoms with Crippen molar-refractivity contribution in [2.24, 2.45) is 11.3 Å². The van der Waals surface area contributed by atoms with Gasteiger partial charge in [0.1, 0.15) is 17.2 Å². The molecule has 6 rings (SSSR count). The van der Waals surface area contributed by atoms with Crippen LogP contribution in [-0.2, 0) is 23.7 Å². The van der Waals surface area contributed by atoms with Gasteiger partial charge in [0, 0.05) is 55.4 Å². The van der Waals surface area contributed by atoms with E-state index in [0.717, 1.165) is 43.0 Å². The van der Waals surface area contributed by atoms with Crippen LogP contribution in [0.15, 0.2) is 146 Å². The van der Waals surface area contributed by atoms with Gasteiger partial charge < -0.3 is 37.9 Å².